The molecule has 1 atom stereocenters. The van der Waals surface area contributed by atoms with Crippen molar-refractivity contribution in [1.29, 1.82) is 5.26 Å². The van der Waals surface area contributed by atoms with Crippen LogP contribution in [0.4, 0.5) is 0 Å². The zero-order valence-electron chi connectivity index (χ0n) is 18.5. The molecule has 1 unspecified atom stereocenters. The third kappa shape index (κ3) is 5.79. The third-order valence-corrected chi connectivity index (χ3v) is 7.02. The predicted octanol–water partition coefficient (Wildman–Crippen LogP) is 3.13. The molecular weight excluding hydrogens is 438 g/mol. The standard InChI is InChI=1S/C24H27N5O3S/c1-28-17-24(26-18-28)33(30,31)27-23-4-2-13-29(23)14-3-15-32-22-11-9-21(10-12-22)20-7-5-19(16-25)6-8-20/h5-12,17-18,23,27H,2-4,13-15H2,1H3. The largest absolute Gasteiger partial charge is 0.494 e. The lowest BCUT2D eigenvalue weighted by molar-refractivity contribution is 0.213. The Morgan fingerprint density at radius 3 is 2.48 bits per heavy atom. The lowest BCUT2D eigenvalue weighted by atomic mass is 10.0. The highest BCUT2D eigenvalue weighted by atomic mass is 32.2. The van der Waals surface area contributed by atoms with E-state index in [9.17, 15) is 8.42 Å². The summed E-state index contributed by atoms with van der Waals surface area (Å²) < 4.78 is 35.4. The normalized spacial score (nSPS) is 16.5. The number of hydrogen-bond acceptors (Lipinski definition) is 6. The number of aryl methyl sites for hydroxylation is 1. The molecule has 1 N–H and O–H groups in total. The summed E-state index contributed by atoms with van der Waals surface area (Å²) in [5.41, 5.74) is 2.75. The molecule has 1 aliphatic rings. The van der Waals surface area contributed by atoms with Crippen LogP contribution in [0, 0.1) is 11.3 Å². The molecule has 1 fully saturated rings. The second-order valence-electron chi connectivity index (χ2n) is 8.11. The molecular formula is C24H27N5O3S. The fourth-order valence-corrected chi connectivity index (χ4v) is 5.17. The first-order valence-corrected chi connectivity index (χ1v) is 12.4. The Hall–Kier alpha value is -3.19. The highest BCUT2D eigenvalue weighted by Crippen LogP contribution is 2.23. The van der Waals surface area contributed by atoms with E-state index in [4.69, 9.17) is 10.00 Å². The number of sulfonamides is 1. The first kappa shape index (κ1) is 23.0. The molecule has 1 saturated heterocycles. The summed E-state index contributed by atoms with van der Waals surface area (Å²) in [4.78, 5) is 6.11. The van der Waals surface area contributed by atoms with E-state index < -0.39 is 10.0 Å². The van der Waals surface area contributed by atoms with Gasteiger partial charge in [-0.1, -0.05) is 24.3 Å². The second-order valence-corrected chi connectivity index (χ2v) is 9.77. The average Bonchev–Trinajstić information content (AvgIpc) is 3.46. The van der Waals surface area contributed by atoms with Crippen molar-refractivity contribution >= 4 is 10.0 Å². The zero-order valence-corrected chi connectivity index (χ0v) is 19.3. The molecule has 1 aliphatic heterocycles. The van der Waals surface area contributed by atoms with E-state index >= 15 is 0 Å². The molecule has 172 valence electrons. The van der Waals surface area contributed by atoms with Gasteiger partial charge in [0.2, 0.25) is 0 Å². The lowest BCUT2D eigenvalue weighted by Crippen LogP contribution is -2.44. The number of rotatable bonds is 9. The molecule has 33 heavy (non-hydrogen) atoms. The van der Waals surface area contributed by atoms with E-state index in [0.717, 1.165) is 49.2 Å². The minimum atomic E-state index is -3.63. The average molecular weight is 466 g/mol. The highest BCUT2D eigenvalue weighted by molar-refractivity contribution is 7.89. The topological polar surface area (TPSA) is 100 Å². The van der Waals surface area contributed by atoms with E-state index in [1.165, 1.54) is 12.5 Å². The Balaban J connectivity index is 1.25. The van der Waals surface area contributed by atoms with Crippen LogP contribution in [0.2, 0.25) is 0 Å². The predicted molar refractivity (Wildman–Crippen MR) is 125 cm³/mol. The van der Waals surface area contributed by atoms with Gasteiger partial charge in [-0.05, 0) is 61.2 Å². The van der Waals surface area contributed by atoms with Crippen molar-refractivity contribution in [3.8, 4) is 22.9 Å². The Bertz CT molecular complexity index is 1210. The van der Waals surface area contributed by atoms with Crippen LogP contribution in [0.15, 0.2) is 66.1 Å². The van der Waals surface area contributed by atoms with E-state index in [0.29, 0.717) is 12.2 Å². The molecule has 2 aromatic carbocycles. The summed E-state index contributed by atoms with van der Waals surface area (Å²) in [5, 5.41) is 8.96. The van der Waals surface area contributed by atoms with Crippen molar-refractivity contribution < 1.29 is 13.2 Å². The van der Waals surface area contributed by atoms with E-state index in [1.807, 2.05) is 48.5 Å². The molecule has 0 spiro atoms. The Morgan fingerprint density at radius 1 is 1.15 bits per heavy atom. The number of imidazole rings is 1. The van der Waals surface area contributed by atoms with Crippen molar-refractivity contribution in [1.82, 2.24) is 19.2 Å². The van der Waals surface area contributed by atoms with Crippen LogP contribution >= 0.6 is 0 Å². The molecule has 4 rings (SSSR count). The van der Waals surface area contributed by atoms with E-state index in [2.05, 4.69) is 20.7 Å². The Morgan fingerprint density at radius 2 is 1.85 bits per heavy atom. The van der Waals surface area contributed by atoms with Crippen LogP contribution in [-0.2, 0) is 17.1 Å². The van der Waals surface area contributed by atoms with E-state index in [1.54, 1.807) is 11.6 Å². The smallest absolute Gasteiger partial charge is 0.260 e. The zero-order chi connectivity index (χ0) is 23.3. The van der Waals surface area contributed by atoms with Gasteiger partial charge in [0.1, 0.15) is 5.75 Å². The van der Waals surface area contributed by atoms with Gasteiger partial charge in [-0.3, -0.25) is 4.90 Å². The fourth-order valence-electron chi connectivity index (χ4n) is 3.93. The summed E-state index contributed by atoms with van der Waals surface area (Å²) in [6.45, 7) is 2.15. The maximum absolute atomic E-state index is 12.6. The Kier molecular flexibility index (Phi) is 7.08. The number of benzene rings is 2. The monoisotopic (exact) mass is 465 g/mol. The van der Waals surface area contributed by atoms with Crippen LogP contribution in [-0.4, -0.2) is 48.7 Å². The molecule has 0 bridgehead atoms. The van der Waals surface area contributed by atoms with Crippen molar-refractivity contribution in [3.05, 3.63) is 66.6 Å². The quantitative estimate of drug-likeness (QED) is 0.488. The number of nitrogens with one attached hydrogen (secondary N) is 1. The summed E-state index contributed by atoms with van der Waals surface area (Å²) in [6, 6.07) is 17.5. The molecule has 1 aromatic heterocycles. The van der Waals surface area contributed by atoms with Gasteiger partial charge in [0.15, 0.2) is 5.03 Å². The summed E-state index contributed by atoms with van der Waals surface area (Å²) in [7, 11) is -1.89. The van der Waals surface area contributed by atoms with Gasteiger partial charge < -0.3 is 9.30 Å². The SMILES string of the molecule is Cn1cnc(S(=O)(=O)NC2CCCN2CCCOc2ccc(-c3ccc(C#N)cc3)cc2)c1. The van der Waals surface area contributed by atoms with Gasteiger partial charge in [-0.25, -0.2) is 13.4 Å². The third-order valence-electron chi connectivity index (χ3n) is 5.67. The van der Waals surface area contributed by atoms with Crippen LogP contribution in [0.5, 0.6) is 5.75 Å². The second kappa shape index (κ2) is 10.2. The van der Waals surface area contributed by atoms with Gasteiger partial charge in [-0.2, -0.15) is 9.98 Å². The van der Waals surface area contributed by atoms with Crippen LogP contribution in [0.25, 0.3) is 11.1 Å². The lowest BCUT2D eigenvalue weighted by Gasteiger charge is -2.24. The molecule has 0 aliphatic carbocycles. The number of likely N-dealkylation sites (tertiary alicyclic amines) is 1. The van der Waals surface area contributed by atoms with Gasteiger partial charge >= 0.3 is 0 Å². The van der Waals surface area contributed by atoms with E-state index in [-0.39, 0.29) is 11.2 Å². The maximum Gasteiger partial charge on any atom is 0.260 e. The van der Waals surface area contributed by atoms with Crippen molar-refractivity contribution in [2.45, 2.75) is 30.5 Å². The fraction of sp³-hybridized carbons (Fsp3) is 0.333. The van der Waals surface area contributed by atoms with Crippen molar-refractivity contribution in [3.63, 3.8) is 0 Å². The minimum absolute atomic E-state index is 0.0460. The van der Waals surface area contributed by atoms with Gasteiger partial charge in [-0.15, -0.1) is 0 Å². The summed E-state index contributed by atoms with van der Waals surface area (Å²) in [6.07, 6.45) is 5.29. The van der Waals surface area contributed by atoms with Crippen molar-refractivity contribution in [2.24, 2.45) is 7.05 Å². The number of nitrogens with zero attached hydrogens (tertiary/aromatic N) is 4. The Labute approximate surface area is 194 Å². The number of aromatic nitrogens is 2. The summed E-state index contributed by atoms with van der Waals surface area (Å²) in [5.74, 6) is 0.793. The molecule has 0 radical (unpaired) electrons. The van der Waals surface area contributed by atoms with Crippen molar-refractivity contribution in [2.75, 3.05) is 19.7 Å². The summed E-state index contributed by atoms with van der Waals surface area (Å²) >= 11 is 0. The van der Waals surface area contributed by atoms with Crippen LogP contribution in [0.3, 0.4) is 0 Å². The molecule has 0 amide bonds. The highest BCUT2D eigenvalue weighted by Gasteiger charge is 2.29. The maximum atomic E-state index is 12.6. The van der Waals surface area contributed by atoms with Crippen LogP contribution < -0.4 is 9.46 Å². The number of hydrogen-bond donors (Lipinski definition) is 1. The van der Waals surface area contributed by atoms with Crippen LogP contribution in [0.1, 0.15) is 24.8 Å². The molecule has 3 aromatic rings. The molecule has 9 heteroatoms. The van der Waals surface area contributed by atoms with Gasteiger partial charge in [0, 0.05) is 19.8 Å². The first-order chi connectivity index (χ1) is 15.9. The molecule has 8 nitrogen and oxygen atoms in total. The van der Waals surface area contributed by atoms with Gasteiger partial charge in [0.25, 0.3) is 10.0 Å². The first-order valence-electron chi connectivity index (χ1n) is 10.9. The molecule has 2 heterocycles. The van der Waals surface area contributed by atoms with Gasteiger partial charge in [0.05, 0.1) is 30.7 Å². The number of ether oxygens (including phenoxy) is 1. The molecule has 0 saturated carbocycles. The number of nitriles is 1. The minimum Gasteiger partial charge on any atom is -0.494 e.